The van der Waals surface area contributed by atoms with Crippen LogP contribution in [0.2, 0.25) is 0 Å². The molecule has 7 nitrogen and oxygen atoms in total. The van der Waals surface area contributed by atoms with E-state index in [2.05, 4.69) is 0 Å². The quantitative estimate of drug-likeness (QED) is 0.727. The van der Waals surface area contributed by atoms with Gasteiger partial charge in [-0.15, -0.1) is 0 Å². The Morgan fingerprint density at radius 3 is 2.58 bits per heavy atom. The predicted octanol–water partition coefficient (Wildman–Crippen LogP) is 3.24. The number of hydrogen-bond acceptors (Lipinski definition) is 6. The van der Waals surface area contributed by atoms with Gasteiger partial charge in [0.05, 0.1) is 18.7 Å². The molecule has 0 aromatic heterocycles. The molecule has 0 unspecified atom stereocenters. The second kappa shape index (κ2) is 7.92. The first kappa shape index (κ1) is 21.0. The largest absolute Gasteiger partial charge is 0.462 e. The molecule has 0 bridgehead atoms. The smallest absolute Gasteiger partial charge is 0.341 e. The molecular weight excluding hydrogens is 420 g/mol. The number of Topliss-reactive ketones (excluding diaryl/α,β-unsaturated/α-hetero) is 1. The van der Waals surface area contributed by atoms with E-state index < -0.39 is 17.3 Å². The van der Waals surface area contributed by atoms with Crippen molar-refractivity contribution in [3.8, 4) is 0 Å². The average molecular weight is 444 g/mol. The Balaban J connectivity index is 1.79. The Labute approximate surface area is 191 Å². The molecule has 1 amide bonds. The molecule has 1 atom stereocenters. The van der Waals surface area contributed by atoms with Gasteiger partial charge in [0.1, 0.15) is 16.7 Å². The number of carbonyl (C=O) groups excluding carboxylic acids is 3. The minimum absolute atomic E-state index is 0.0924. The second-order valence-electron chi connectivity index (χ2n) is 8.28. The molecular formula is C26H24N2O5. The molecule has 0 saturated carbocycles. The fourth-order valence-electron chi connectivity index (χ4n) is 5.15. The van der Waals surface area contributed by atoms with Gasteiger partial charge in [-0.3, -0.25) is 9.59 Å². The molecule has 7 heteroatoms. The number of fused-ring (bicyclic) bond motifs is 3. The normalized spacial score (nSPS) is 21.8. The Morgan fingerprint density at radius 1 is 1.09 bits per heavy atom. The van der Waals surface area contributed by atoms with Crippen molar-refractivity contribution in [1.29, 1.82) is 0 Å². The van der Waals surface area contributed by atoms with E-state index in [1.165, 1.54) is 0 Å². The van der Waals surface area contributed by atoms with E-state index in [-0.39, 0.29) is 42.4 Å². The molecule has 1 aliphatic carbocycles. The van der Waals surface area contributed by atoms with Crippen LogP contribution in [0.4, 0.5) is 5.69 Å². The number of benzene rings is 2. The number of carbonyl (C=O) groups is 3. The first-order valence-electron chi connectivity index (χ1n) is 11.1. The number of rotatable bonds is 4. The van der Waals surface area contributed by atoms with Gasteiger partial charge in [-0.05, 0) is 25.0 Å². The summed E-state index contributed by atoms with van der Waals surface area (Å²) in [7, 11) is 0. The van der Waals surface area contributed by atoms with Gasteiger partial charge in [-0.25, -0.2) is 4.79 Å². The van der Waals surface area contributed by atoms with E-state index in [1.54, 1.807) is 24.0 Å². The summed E-state index contributed by atoms with van der Waals surface area (Å²) < 4.78 is 11.1. The van der Waals surface area contributed by atoms with E-state index in [0.717, 1.165) is 5.56 Å². The van der Waals surface area contributed by atoms with Crippen molar-refractivity contribution in [2.24, 2.45) is 5.73 Å². The predicted molar refractivity (Wildman–Crippen MR) is 121 cm³/mol. The van der Waals surface area contributed by atoms with Crippen molar-refractivity contribution < 1.29 is 23.9 Å². The highest BCUT2D eigenvalue weighted by Gasteiger charge is 2.63. The number of para-hydroxylation sites is 1. The average Bonchev–Trinajstić information content (AvgIpc) is 3.03. The number of ketones is 1. The van der Waals surface area contributed by atoms with Crippen LogP contribution in [0.3, 0.4) is 0 Å². The summed E-state index contributed by atoms with van der Waals surface area (Å²) in [5, 5.41) is 0. The maximum atomic E-state index is 14.4. The van der Waals surface area contributed by atoms with E-state index in [9.17, 15) is 14.4 Å². The third-order valence-corrected chi connectivity index (χ3v) is 6.42. The Bertz CT molecular complexity index is 1230. The van der Waals surface area contributed by atoms with Crippen LogP contribution in [0.25, 0.3) is 0 Å². The van der Waals surface area contributed by atoms with E-state index in [4.69, 9.17) is 15.2 Å². The Kier molecular flexibility index (Phi) is 5.04. The molecule has 3 aliphatic rings. The third kappa shape index (κ3) is 2.99. The van der Waals surface area contributed by atoms with Crippen molar-refractivity contribution in [2.75, 3.05) is 11.5 Å². The molecule has 2 aliphatic heterocycles. The molecule has 2 N–H and O–H groups in total. The number of allylic oxidation sites excluding steroid dienone is 1. The van der Waals surface area contributed by atoms with Crippen LogP contribution < -0.4 is 10.6 Å². The zero-order valence-electron chi connectivity index (χ0n) is 18.3. The number of esters is 1. The van der Waals surface area contributed by atoms with Gasteiger partial charge in [-0.2, -0.15) is 0 Å². The summed E-state index contributed by atoms with van der Waals surface area (Å²) in [6, 6.07) is 16.8. The molecule has 0 saturated heterocycles. The molecule has 0 radical (unpaired) electrons. The van der Waals surface area contributed by atoms with Gasteiger partial charge in [0.25, 0.3) is 0 Å². The maximum Gasteiger partial charge on any atom is 0.341 e. The van der Waals surface area contributed by atoms with Gasteiger partial charge in [0.15, 0.2) is 5.78 Å². The summed E-state index contributed by atoms with van der Waals surface area (Å²) in [6.45, 7) is 2.05. The molecule has 33 heavy (non-hydrogen) atoms. The molecule has 2 aromatic rings. The zero-order chi connectivity index (χ0) is 23.2. The molecule has 0 fully saturated rings. The van der Waals surface area contributed by atoms with Gasteiger partial charge < -0.3 is 20.1 Å². The lowest BCUT2D eigenvalue weighted by Crippen LogP contribution is -2.51. The summed E-state index contributed by atoms with van der Waals surface area (Å²) >= 11 is 0. The number of nitrogens with zero attached hydrogens (tertiary/aromatic N) is 1. The molecule has 2 heterocycles. The number of hydrogen-bond donors (Lipinski definition) is 1. The number of ether oxygens (including phenoxy) is 2. The van der Waals surface area contributed by atoms with Gasteiger partial charge in [0, 0.05) is 24.1 Å². The van der Waals surface area contributed by atoms with Crippen molar-refractivity contribution in [2.45, 2.75) is 38.1 Å². The van der Waals surface area contributed by atoms with Crippen LogP contribution in [-0.4, -0.2) is 24.3 Å². The number of anilines is 1. The molecule has 1 spiro atoms. The number of amides is 1. The summed E-state index contributed by atoms with van der Waals surface area (Å²) in [6.07, 6.45) is 1.33. The highest BCUT2D eigenvalue weighted by Crippen LogP contribution is 2.56. The SMILES string of the molecule is CCOC(=O)C1=C(N)OC2=C(C(=O)CCC2)[C@@]12C(=O)N(Cc1ccccc1)c1ccccc12. The number of nitrogens with two attached hydrogens (primary N) is 1. The highest BCUT2D eigenvalue weighted by molar-refractivity contribution is 6.23. The fourth-order valence-corrected chi connectivity index (χ4v) is 5.15. The maximum absolute atomic E-state index is 14.4. The highest BCUT2D eigenvalue weighted by atomic mass is 16.5. The second-order valence-corrected chi connectivity index (χ2v) is 8.28. The topological polar surface area (TPSA) is 98.9 Å². The standard InChI is InChI=1S/C26H24N2O5/c1-2-32-24(30)22-23(27)33-20-14-8-13-19(29)21(20)26(22)17-11-6-7-12-18(17)28(25(26)31)15-16-9-4-3-5-10-16/h3-7,9-12H,2,8,13-15,27H2,1H3/t26-/m1/s1. The van der Waals surface area contributed by atoms with Crippen molar-refractivity contribution in [3.63, 3.8) is 0 Å². The lowest BCUT2D eigenvalue weighted by atomic mass is 9.64. The minimum atomic E-state index is -1.69. The van der Waals surface area contributed by atoms with Crippen molar-refractivity contribution in [1.82, 2.24) is 0 Å². The van der Waals surface area contributed by atoms with Gasteiger partial charge >= 0.3 is 5.97 Å². The summed E-state index contributed by atoms with van der Waals surface area (Å²) in [4.78, 5) is 42.6. The van der Waals surface area contributed by atoms with Crippen LogP contribution >= 0.6 is 0 Å². The lowest BCUT2D eigenvalue weighted by Gasteiger charge is -2.38. The van der Waals surface area contributed by atoms with Crippen LogP contribution in [0.5, 0.6) is 0 Å². The van der Waals surface area contributed by atoms with Crippen LogP contribution in [-0.2, 0) is 35.8 Å². The Morgan fingerprint density at radius 2 is 1.82 bits per heavy atom. The van der Waals surface area contributed by atoms with Crippen LogP contribution in [0.15, 0.2) is 77.4 Å². The van der Waals surface area contributed by atoms with E-state index >= 15 is 0 Å². The lowest BCUT2D eigenvalue weighted by molar-refractivity contribution is -0.141. The Hall–Kier alpha value is -3.87. The van der Waals surface area contributed by atoms with Crippen molar-refractivity contribution in [3.05, 3.63) is 88.5 Å². The monoisotopic (exact) mass is 444 g/mol. The third-order valence-electron chi connectivity index (χ3n) is 6.42. The minimum Gasteiger partial charge on any atom is -0.462 e. The van der Waals surface area contributed by atoms with Crippen LogP contribution in [0, 0.1) is 0 Å². The molecule has 168 valence electrons. The van der Waals surface area contributed by atoms with Crippen molar-refractivity contribution >= 4 is 23.3 Å². The zero-order valence-corrected chi connectivity index (χ0v) is 18.3. The molecule has 5 rings (SSSR count). The van der Waals surface area contributed by atoms with E-state index in [0.29, 0.717) is 29.9 Å². The first-order chi connectivity index (χ1) is 16.0. The fraction of sp³-hybridized carbons (Fsp3) is 0.269. The van der Waals surface area contributed by atoms with Gasteiger partial charge in [0.2, 0.25) is 11.8 Å². The summed E-state index contributed by atoms with van der Waals surface area (Å²) in [5.74, 6) is -1.20. The summed E-state index contributed by atoms with van der Waals surface area (Å²) in [5.41, 5.74) is 6.77. The van der Waals surface area contributed by atoms with Crippen LogP contribution in [0.1, 0.15) is 37.3 Å². The van der Waals surface area contributed by atoms with E-state index in [1.807, 2.05) is 42.5 Å². The molecule has 2 aromatic carbocycles. The first-order valence-corrected chi connectivity index (χ1v) is 11.1. The van der Waals surface area contributed by atoms with Gasteiger partial charge in [-0.1, -0.05) is 48.5 Å².